The quantitative estimate of drug-likeness (QED) is 0.698. The van der Waals surface area contributed by atoms with Crippen LogP contribution in [0.15, 0.2) is 18.2 Å². The number of nitrogens with zero attached hydrogens (tertiary/aromatic N) is 1. The Morgan fingerprint density at radius 3 is 2.72 bits per heavy atom. The fraction of sp³-hybridized carbons (Fsp3) is 0.571. The van der Waals surface area contributed by atoms with Crippen molar-refractivity contribution in [1.29, 1.82) is 0 Å². The lowest BCUT2D eigenvalue weighted by Gasteiger charge is -2.34. The van der Waals surface area contributed by atoms with Crippen molar-refractivity contribution < 1.29 is 0 Å². The number of likely N-dealkylation sites (tertiary alicyclic amines) is 1. The average molecular weight is 307 g/mol. The molecule has 1 nitrogen and oxygen atoms in total. The number of alkyl halides is 1. The molecule has 0 bridgehead atoms. The van der Waals surface area contributed by atoms with E-state index in [1.54, 1.807) is 0 Å². The molecule has 1 aliphatic rings. The zero-order chi connectivity index (χ0) is 13.1. The number of hydrogen-bond donors (Lipinski definition) is 0. The van der Waals surface area contributed by atoms with Gasteiger partial charge in [-0.05, 0) is 44.0 Å². The van der Waals surface area contributed by atoms with E-state index in [0.29, 0.717) is 16.1 Å². The molecule has 18 heavy (non-hydrogen) atoms. The highest BCUT2D eigenvalue weighted by molar-refractivity contribution is 6.42. The summed E-state index contributed by atoms with van der Waals surface area (Å²) < 4.78 is 0. The SMILES string of the molecule is CC1CCCCN1CC(Cl)c1ccc(Cl)c(Cl)c1. The lowest BCUT2D eigenvalue weighted by Crippen LogP contribution is -2.39. The molecule has 0 amide bonds. The minimum absolute atomic E-state index is 0.0275. The molecule has 0 N–H and O–H groups in total. The van der Waals surface area contributed by atoms with E-state index in [-0.39, 0.29) is 5.38 Å². The first-order valence-corrected chi connectivity index (χ1v) is 7.60. The van der Waals surface area contributed by atoms with Crippen LogP contribution in [0.4, 0.5) is 0 Å². The van der Waals surface area contributed by atoms with Crippen LogP contribution in [-0.4, -0.2) is 24.0 Å². The summed E-state index contributed by atoms with van der Waals surface area (Å²) in [5, 5.41) is 1.13. The maximum Gasteiger partial charge on any atom is 0.0712 e. The van der Waals surface area contributed by atoms with Crippen molar-refractivity contribution in [2.24, 2.45) is 0 Å². The first-order valence-electron chi connectivity index (χ1n) is 6.41. The molecule has 1 aliphatic heterocycles. The Hall–Kier alpha value is 0.0500. The summed E-state index contributed by atoms with van der Waals surface area (Å²) >= 11 is 18.4. The van der Waals surface area contributed by atoms with E-state index < -0.39 is 0 Å². The van der Waals surface area contributed by atoms with Gasteiger partial charge in [-0.3, -0.25) is 4.90 Å². The zero-order valence-electron chi connectivity index (χ0n) is 10.5. The Bertz CT molecular complexity index is 408. The Labute approximate surface area is 124 Å². The van der Waals surface area contributed by atoms with E-state index in [0.717, 1.165) is 18.7 Å². The van der Waals surface area contributed by atoms with E-state index in [2.05, 4.69) is 11.8 Å². The van der Waals surface area contributed by atoms with Gasteiger partial charge in [0.2, 0.25) is 0 Å². The maximum absolute atomic E-state index is 6.49. The van der Waals surface area contributed by atoms with E-state index >= 15 is 0 Å². The van der Waals surface area contributed by atoms with Crippen molar-refractivity contribution in [2.75, 3.05) is 13.1 Å². The van der Waals surface area contributed by atoms with Crippen molar-refractivity contribution >= 4 is 34.8 Å². The van der Waals surface area contributed by atoms with Crippen LogP contribution in [0, 0.1) is 0 Å². The molecule has 1 heterocycles. The molecule has 1 fully saturated rings. The molecule has 0 saturated carbocycles. The second-order valence-corrected chi connectivity index (χ2v) is 6.32. The standard InChI is InChI=1S/C14H18Cl3N/c1-10-4-2-3-7-18(10)9-14(17)11-5-6-12(15)13(16)8-11/h5-6,8,10,14H,2-4,7,9H2,1H3. The molecule has 2 atom stereocenters. The second-order valence-electron chi connectivity index (χ2n) is 4.98. The highest BCUT2D eigenvalue weighted by Crippen LogP contribution is 2.30. The number of hydrogen-bond acceptors (Lipinski definition) is 1. The summed E-state index contributed by atoms with van der Waals surface area (Å²) in [5.74, 6) is 0. The molecule has 0 aromatic heterocycles. The Morgan fingerprint density at radius 2 is 2.06 bits per heavy atom. The Balaban J connectivity index is 2.02. The second kappa shape index (κ2) is 6.47. The molecule has 4 heteroatoms. The smallest absolute Gasteiger partial charge is 0.0712 e. The van der Waals surface area contributed by atoms with Gasteiger partial charge in [-0.15, -0.1) is 11.6 Å². The minimum atomic E-state index is -0.0275. The number of benzene rings is 1. The number of halogens is 3. The van der Waals surface area contributed by atoms with Crippen molar-refractivity contribution in [2.45, 2.75) is 37.6 Å². The summed E-state index contributed by atoms with van der Waals surface area (Å²) in [6.07, 6.45) is 3.87. The lowest BCUT2D eigenvalue weighted by atomic mass is 10.0. The first-order chi connectivity index (χ1) is 8.58. The van der Waals surface area contributed by atoms with Crippen molar-refractivity contribution in [3.63, 3.8) is 0 Å². The predicted octanol–water partition coefficient (Wildman–Crippen LogP) is 5.15. The van der Waals surface area contributed by atoms with Gasteiger partial charge >= 0.3 is 0 Å². The van der Waals surface area contributed by atoms with Crippen LogP contribution in [0.5, 0.6) is 0 Å². The molecule has 2 unspecified atom stereocenters. The average Bonchev–Trinajstić information content (AvgIpc) is 2.35. The minimum Gasteiger partial charge on any atom is -0.299 e. The third-order valence-electron chi connectivity index (χ3n) is 3.64. The molecule has 0 radical (unpaired) electrons. The molecule has 0 aliphatic carbocycles. The molecule has 2 rings (SSSR count). The molecule has 1 aromatic rings. The molecular weight excluding hydrogens is 289 g/mol. The normalized spacial score (nSPS) is 23.0. The van der Waals surface area contributed by atoms with E-state index in [9.17, 15) is 0 Å². The fourth-order valence-corrected chi connectivity index (χ4v) is 3.07. The number of piperidine rings is 1. The molecule has 100 valence electrons. The van der Waals surface area contributed by atoms with E-state index in [4.69, 9.17) is 34.8 Å². The van der Waals surface area contributed by atoms with Crippen LogP contribution in [0.25, 0.3) is 0 Å². The largest absolute Gasteiger partial charge is 0.299 e. The van der Waals surface area contributed by atoms with Gasteiger partial charge in [0.1, 0.15) is 0 Å². The summed E-state index contributed by atoms with van der Waals surface area (Å²) in [4.78, 5) is 2.46. The monoisotopic (exact) mass is 305 g/mol. The maximum atomic E-state index is 6.49. The summed E-state index contributed by atoms with van der Waals surface area (Å²) in [5.41, 5.74) is 1.05. The molecule has 0 spiro atoms. The lowest BCUT2D eigenvalue weighted by molar-refractivity contribution is 0.161. The van der Waals surface area contributed by atoms with Crippen LogP contribution in [0.3, 0.4) is 0 Å². The highest BCUT2D eigenvalue weighted by Gasteiger charge is 2.21. The zero-order valence-corrected chi connectivity index (χ0v) is 12.8. The van der Waals surface area contributed by atoms with Crippen LogP contribution in [0.1, 0.15) is 37.1 Å². The van der Waals surface area contributed by atoms with Crippen LogP contribution < -0.4 is 0 Å². The van der Waals surface area contributed by atoms with Crippen LogP contribution in [-0.2, 0) is 0 Å². The third-order valence-corrected chi connectivity index (χ3v) is 4.77. The van der Waals surface area contributed by atoms with Crippen molar-refractivity contribution in [1.82, 2.24) is 4.90 Å². The van der Waals surface area contributed by atoms with Crippen LogP contribution >= 0.6 is 34.8 Å². The van der Waals surface area contributed by atoms with Crippen LogP contribution in [0.2, 0.25) is 10.0 Å². The summed E-state index contributed by atoms with van der Waals surface area (Å²) in [7, 11) is 0. The van der Waals surface area contributed by atoms with Gasteiger partial charge in [0, 0.05) is 12.6 Å². The first kappa shape index (κ1) is 14.5. The number of rotatable bonds is 3. The van der Waals surface area contributed by atoms with Gasteiger partial charge in [0.05, 0.1) is 15.4 Å². The van der Waals surface area contributed by atoms with Gasteiger partial charge < -0.3 is 0 Å². The highest BCUT2D eigenvalue weighted by atomic mass is 35.5. The molecule has 1 saturated heterocycles. The summed E-state index contributed by atoms with van der Waals surface area (Å²) in [6, 6.07) is 6.27. The van der Waals surface area contributed by atoms with Gasteiger partial charge in [0.25, 0.3) is 0 Å². The van der Waals surface area contributed by atoms with Gasteiger partial charge in [-0.2, -0.15) is 0 Å². The molecule has 1 aromatic carbocycles. The van der Waals surface area contributed by atoms with Gasteiger partial charge in [0.15, 0.2) is 0 Å². The van der Waals surface area contributed by atoms with Gasteiger partial charge in [-0.1, -0.05) is 35.7 Å². The van der Waals surface area contributed by atoms with Gasteiger partial charge in [-0.25, -0.2) is 0 Å². The van der Waals surface area contributed by atoms with Crippen molar-refractivity contribution in [3.8, 4) is 0 Å². The third kappa shape index (κ3) is 3.54. The predicted molar refractivity (Wildman–Crippen MR) is 79.9 cm³/mol. The van der Waals surface area contributed by atoms with E-state index in [1.165, 1.54) is 19.3 Å². The molecular formula is C14H18Cl3N. The summed E-state index contributed by atoms with van der Waals surface area (Å²) in [6.45, 7) is 4.30. The Morgan fingerprint density at radius 1 is 1.28 bits per heavy atom. The van der Waals surface area contributed by atoms with E-state index in [1.807, 2.05) is 18.2 Å². The fourth-order valence-electron chi connectivity index (χ4n) is 2.45. The topological polar surface area (TPSA) is 3.24 Å². The Kier molecular flexibility index (Phi) is 5.20. The van der Waals surface area contributed by atoms with Crippen molar-refractivity contribution in [3.05, 3.63) is 33.8 Å².